The van der Waals surface area contributed by atoms with E-state index in [4.69, 9.17) is 0 Å². The van der Waals surface area contributed by atoms with E-state index in [1.54, 1.807) is 6.07 Å². The van der Waals surface area contributed by atoms with Crippen LogP contribution < -0.4 is 0 Å². The highest BCUT2D eigenvalue weighted by molar-refractivity contribution is 5.83. The number of halogens is 1. The van der Waals surface area contributed by atoms with Crippen molar-refractivity contribution >= 4 is 0 Å². The molecule has 0 aromatic heterocycles. The molecule has 0 spiro atoms. The molecule has 0 unspecified atom stereocenters. The van der Waals surface area contributed by atoms with Gasteiger partial charge in [0.2, 0.25) is 0 Å². The number of benzene rings is 3. The first-order valence-corrected chi connectivity index (χ1v) is 6.67. The lowest BCUT2D eigenvalue weighted by molar-refractivity contribution is 0.631. The van der Waals surface area contributed by atoms with Gasteiger partial charge in [-0.05, 0) is 35.7 Å². The summed E-state index contributed by atoms with van der Waals surface area (Å²) in [6.45, 7) is 1.98. The van der Waals surface area contributed by atoms with Gasteiger partial charge in [-0.1, -0.05) is 66.2 Å². The lowest BCUT2D eigenvalue weighted by atomic mass is 9.93. The molecule has 0 bridgehead atoms. The molecule has 0 saturated carbocycles. The molecule has 0 amide bonds. The average molecular weight is 262 g/mol. The molecule has 0 fully saturated rings. The molecule has 3 rings (SSSR count). The molecule has 0 radical (unpaired) electrons. The fraction of sp³-hybridized carbons (Fsp3) is 0.0526. The van der Waals surface area contributed by atoms with Crippen molar-refractivity contribution in [3.63, 3.8) is 0 Å². The maximum absolute atomic E-state index is 14.2. The second kappa shape index (κ2) is 5.30. The molecule has 0 saturated heterocycles. The van der Waals surface area contributed by atoms with Crippen LogP contribution in [0.4, 0.5) is 4.39 Å². The quantitative estimate of drug-likeness (QED) is 0.574. The van der Waals surface area contributed by atoms with Crippen molar-refractivity contribution < 1.29 is 4.39 Å². The van der Waals surface area contributed by atoms with Gasteiger partial charge >= 0.3 is 0 Å². The number of rotatable bonds is 2. The summed E-state index contributed by atoms with van der Waals surface area (Å²) in [7, 11) is 0. The van der Waals surface area contributed by atoms with Gasteiger partial charge in [-0.25, -0.2) is 4.39 Å². The van der Waals surface area contributed by atoms with Gasteiger partial charge in [0.05, 0.1) is 0 Å². The Morgan fingerprint density at radius 2 is 1.30 bits per heavy atom. The topological polar surface area (TPSA) is 0 Å². The van der Waals surface area contributed by atoms with Crippen molar-refractivity contribution in [3.05, 3.63) is 84.2 Å². The zero-order valence-electron chi connectivity index (χ0n) is 11.3. The lowest BCUT2D eigenvalue weighted by Gasteiger charge is -2.11. The van der Waals surface area contributed by atoms with Gasteiger partial charge in [0.1, 0.15) is 5.82 Å². The number of hydrogen-bond donors (Lipinski definition) is 0. The predicted molar refractivity (Wildman–Crippen MR) is 82.0 cm³/mol. The molecule has 3 aromatic rings. The Kier molecular flexibility index (Phi) is 3.34. The van der Waals surface area contributed by atoms with E-state index in [0.717, 1.165) is 22.3 Å². The molecule has 98 valence electrons. The van der Waals surface area contributed by atoms with E-state index in [1.165, 1.54) is 6.07 Å². The summed E-state index contributed by atoms with van der Waals surface area (Å²) < 4.78 is 14.2. The normalized spacial score (nSPS) is 10.5. The van der Waals surface area contributed by atoms with E-state index < -0.39 is 0 Å². The smallest absolute Gasteiger partial charge is 0.131 e. The Morgan fingerprint density at radius 3 is 2.05 bits per heavy atom. The molecule has 0 aliphatic heterocycles. The molecule has 20 heavy (non-hydrogen) atoms. The zero-order chi connectivity index (χ0) is 13.9. The van der Waals surface area contributed by atoms with Crippen LogP contribution >= 0.6 is 0 Å². The van der Waals surface area contributed by atoms with E-state index in [9.17, 15) is 4.39 Å². The van der Waals surface area contributed by atoms with Crippen molar-refractivity contribution in [1.29, 1.82) is 0 Å². The lowest BCUT2D eigenvalue weighted by Crippen LogP contribution is -1.89. The number of aryl methyl sites for hydroxylation is 1. The minimum Gasteiger partial charge on any atom is -0.206 e. The standard InChI is InChI=1S/C19H15F/c1-14-11-12-19(20)18(13-14)17-10-6-5-9-16(17)15-7-3-2-4-8-15/h2-13H,1H3. The summed E-state index contributed by atoms with van der Waals surface area (Å²) >= 11 is 0. The Labute approximate surface area is 118 Å². The van der Waals surface area contributed by atoms with Gasteiger partial charge in [0.25, 0.3) is 0 Å². The van der Waals surface area contributed by atoms with Crippen LogP contribution in [0.3, 0.4) is 0 Å². The largest absolute Gasteiger partial charge is 0.206 e. The second-order valence-electron chi connectivity index (χ2n) is 4.89. The molecule has 0 aliphatic carbocycles. The fourth-order valence-corrected chi connectivity index (χ4v) is 2.43. The van der Waals surface area contributed by atoms with Gasteiger partial charge in [-0.3, -0.25) is 0 Å². The van der Waals surface area contributed by atoms with Gasteiger partial charge in [0, 0.05) is 5.56 Å². The van der Waals surface area contributed by atoms with Crippen LogP contribution in [0.5, 0.6) is 0 Å². The average Bonchev–Trinajstić information content (AvgIpc) is 2.51. The molecular weight excluding hydrogens is 247 g/mol. The minimum atomic E-state index is -0.181. The summed E-state index contributed by atoms with van der Waals surface area (Å²) in [5.41, 5.74) is 4.80. The van der Waals surface area contributed by atoms with Crippen molar-refractivity contribution in [2.24, 2.45) is 0 Å². The first-order chi connectivity index (χ1) is 9.75. The highest BCUT2D eigenvalue weighted by Gasteiger charge is 2.10. The first-order valence-electron chi connectivity index (χ1n) is 6.67. The first kappa shape index (κ1) is 12.6. The molecule has 0 N–H and O–H groups in total. The van der Waals surface area contributed by atoms with Gasteiger partial charge in [-0.2, -0.15) is 0 Å². The van der Waals surface area contributed by atoms with Gasteiger partial charge in [0.15, 0.2) is 0 Å². The van der Waals surface area contributed by atoms with E-state index in [1.807, 2.05) is 67.6 Å². The predicted octanol–water partition coefficient (Wildman–Crippen LogP) is 5.47. The van der Waals surface area contributed by atoms with E-state index in [0.29, 0.717) is 5.56 Å². The third-order valence-corrected chi connectivity index (χ3v) is 3.42. The van der Waals surface area contributed by atoms with Crippen molar-refractivity contribution in [2.45, 2.75) is 6.92 Å². The molecule has 0 heterocycles. The second-order valence-corrected chi connectivity index (χ2v) is 4.89. The molecule has 1 heteroatoms. The molecule has 0 atom stereocenters. The third-order valence-electron chi connectivity index (χ3n) is 3.42. The van der Waals surface area contributed by atoms with Crippen LogP contribution in [0, 0.1) is 12.7 Å². The zero-order valence-corrected chi connectivity index (χ0v) is 11.3. The Hall–Kier alpha value is -2.41. The van der Waals surface area contributed by atoms with Gasteiger partial charge < -0.3 is 0 Å². The molecule has 0 nitrogen and oxygen atoms in total. The van der Waals surface area contributed by atoms with E-state index in [2.05, 4.69) is 0 Å². The highest BCUT2D eigenvalue weighted by Crippen LogP contribution is 2.33. The van der Waals surface area contributed by atoms with Crippen molar-refractivity contribution in [3.8, 4) is 22.3 Å². The van der Waals surface area contributed by atoms with Gasteiger partial charge in [-0.15, -0.1) is 0 Å². The van der Waals surface area contributed by atoms with Crippen LogP contribution in [-0.2, 0) is 0 Å². The van der Waals surface area contributed by atoms with E-state index >= 15 is 0 Å². The Balaban J connectivity index is 2.23. The fourth-order valence-electron chi connectivity index (χ4n) is 2.43. The Bertz CT molecular complexity index is 730. The Morgan fingerprint density at radius 1 is 0.650 bits per heavy atom. The summed E-state index contributed by atoms with van der Waals surface area (Å²) in [5, 5.41) is 0. The molecule has 0 aliphatic rings. The highest BCUT2D eigenvalue weighted by atomic mass is 19.1. The SMILES string of the molecule is Cc1ccc(F)c(-c2ccccc2-c2ccccc2)c1. The maximum atomic E-state index is 14.2. The monoisotopic (exact) mass is 262 g/mol. The van der Waals surface area contributed by atoms with Crippen LogP contribution in [0.1, 0.15) is 5.56 Å². The van der Waals surface area contributed by atoms with Crippen molar-refractivity contribution in [1.82, 2.24) is 0 Å². The van der Waals surface area contributed by atoms with Crippen molar-refractivity contribution in [2.75, 3.05) is 0 Å². The summed E-state index contributed by atoms with van der Waals surface area (Å²) in [6, 6.07) is 23.2. The maximum Gasteiger partial charge on any atom is 0.131 e. The van der Waals surface area contributed by atoms with Crippen LogP contribution in [0.2, 0.25) is 0 Å². The van der Waals surface area contributed by atoms with Crippen LogP contribution in [-0.4, -0.2) is 0 Å². The summed E-state index contributed by atoms with van der Waals surface area (Å²) in [5.74, 6) is -0.181. The van der Waals surface area contributed by atoms with Crippen LogP contribution in [0.15, 0.2) is 72.8 Å². The van der Waals surface area contributed by atoms with Crippen LogP contribution in [0.25, 0.3) is 22.3 Å². The minimum absolute atomic E-state index is 0.181. The summed E-state index contributed by atoms with van der Waals surface area (Å²) in [4.78, 5) is 0. The molecular formula is C19H15F. The van der Waals surface area contributed by atoms with E-state index in [-0.39, 0.29) is 5.82 Å². The third kappa shape index (κ3) is 2.35. The number of hydrogen-bond acceptors (Lipinski definition) is 0. The summed E-state index contributed by atoms with van der Waals surface area (Å²) in [6.07, 6.45) is 0. The molecule has 3 aromatic carbocycles.